The minimum absolute atomic E-state index is 0.0354. The van der Waals surface area contributed by atoms with E-state index in [1.54, 1.807) is 25.3 Å². The summed E-state index contributed by atoms with van der Waals surface area (Å²) in [5.41, 5.74) is 2.35. The molecule has 7 heteroatoms. The van der Waals surface area contributed by atoms with Crippen molar-refractivity contribution in [2.45, 2.75) is 6.92 Å². The largest absolute Gasteiger partial charge is 0.325 e. The van der Waals surface area contributed by atoms with E-state index in [0.717, 1.165) is 11.3 Å². The molecule has 0 radical (unpaired) electrons. The second kappa shape index (κ2) is 4.93. The molecule has 1 N–H and O–H groups in total. The molecule has 1 aliphatic carbocycles. The fourth-order valence-electron chi connectivity index (χ4n) is 2.27. The molecule has 1 aromatic heterocycles. The number of carbonyl (C=O) groups excluding carboxylic acids is 2. The number of aliphatic imine (C=N–C) groups is 1. The maximum absolute atomic E-state index is 11.9. The summed E-state index contributed by atoms with van der Waals surface area (Å²) in [6, 6.07) is 0. The lowest BCUT2D eigenvalue weighted by molar-refractivity contribution is -0.116. The van der Waals surface area contributed by atoms with E-state index >= 15 is 0 Å². The molecule has 3 rings (SSSR count). The fourth-order valence-corrected chi connectivity index (χ4v) is 2.27. The Bertz CT molecular complexity index is 751. The Kier molecular flexibility index (Phi) is 3.09. The van der Waals surface area contributed by atoms with Gasteiger partial charge in [-0.3, -0.25) is 14.3 Å². The van der Waals surface area contributed by atoms with Crippen molar-refractivity contribution >= 4 is 17.5 Å². The molecule has 0 saturated heterocycles. The summed E-state index contributed by atoms with van der Waals surface area (Å²) < 4.78 is 1.44. The number of hydrogen-bond acceptors (Lipinski definition) is 4. The number of fused-ring (bicyclic) bond motifs is 1. The van der Waals surface area contributed by atoms with Crippen LogP contribution in [-0.2, 0) is 11.8 Å². The number of nitrogens with one attached hydrogen (secondary N) is 1. The highest BCUT2D eigenvalue weighted by molar-refractivity contribution is 6.13. The normalized spacial score (nSPS) is 22.5. The topological polar surface area (TPSA) is 89.2 Å². The van der Waals surface area contributed by atoms with Gasteiger partial charge in [-0.1, -0.05) is 16.9 Å². The Labute approximate surface area is 120 Å². The highest BCUT2D eigenvalue weighted by atomic mass is 16.2. The zero-order chi connectivity index (χ0) is 15.0. The molecular formula is C14H13N5O2. The third-order valence-electron chi connectivity index (χ3n) is 3.27. The van der Waals surface area contributed by atoms with Gasteiger partial charge in [-0.15, -0.1) is 5.10 Å². The average Bonchev–Trinajstić information content (AvgIpc) is 2.85. The van der Waals surface area contributed by atoms with Gasteiger partial charge in [0.25, 0.3) is 5.91 Å². The van der Waals surface area contributed by atoms with Gasteiger partial charge in [-0.2, -0.15) is 0 Å². The van der Waals surface area contributed by atoms with E-state index in [0.29, 0.717) is 5.71 Å². The molecule has 0 saturated carbocycles. The Hall–Kier alpha value is -2.83. The molecule has 7 nitrogen and oxygen atoms in total. The standard InChI is InChI=1S/C14H13N5O2/c1-8-5-13(20)16-11-6-9(3-4-10(8)11)15-14(21)12-7-19(2)18-17-12/h3-7,10H,1-2H3,(H,16,20). The van der Waals surface area contributed by atoms with Gasteiger partial charge in [0, 0.05) is 24.7 Å². The first-order valence-corrected chi connectivity index (χ1v) is 6.41. The van der Waals surface area contributed by atoms with E-state index in [9.17, 15) is 9.59 Å². The van der Waals surface area contributed by atoms with E-state index < -0.39 is 5.91 Å². The maximum Gasteiger partial charge on any atom is 0.299 e. The summed E-state index contributed by atoms with van der Waals surface area (Å²) in [5, 5.41) is 10.2. The van der Waals surface area contributed by atoms with Gasteiger partial charge in [-0.25, -0.2) is 4.99 Å². The first kappa shape index (κ1) is 13.2. The summed E-state index contributed by atoms with van der Waals surface area (Å²) in [6.45, 7) is 1.90. The van der Waals surface area contributed by atoms with Crippen molar-refractivity contribution in [1.82, 2.24) is 20.3 Å². The molecule has 1 aromatic rings. The average molecular weight is 283 g/mol. The number of aryl methyl sites for hydroxylation is 1. The van der Waals surface area contributed by atoms with Crippen molar-refractivity contribution in [3.8, 4) is 0 Å². The lowest BCUT2D eigenvalue weighted by Crippen LogP contribution is -2.32. The first-order chi connectivity index (χ1) is 10.0. The molecule has 2 aliphatic rings. The van der Waals surface area contributed by atoms with Gasteiger partial charge in [-0.05, 0) is 19.1 Å². The Morgan fingerprint density at radius 3 is 2.95 bits per heavy atom. The van der Waals surface area contributed by atoms with Crippen LogP contribution in [0.15, 0.2) is 46.8 Å². The summed E-state index contributed by atoms with van der Waals surface area (Å²) in [4.78, 5) is 27.4. The Morgan fingerprint density at radius 2 is 2.24 bits per heavy atom. The zero-order valence-electron chi connectivity index (χ0n) is 11.6. The SMILES string of the molecule is CC1=CC(=O)NC2=CC(=NC(=O)c3cn(C)nn3)C=CC12. The molecule has 0 fully saturated rings. The fraction of sp³-hybridized carbons (Fsp3) is 0.214. The van der Waals surface area contributed by atoms with E-state index in [1.807, 2.05) is 13.0 Å². The van der Waals surface area contributed by atoms with Crippen LogP contribution in [0.3, 0.4) is 0 Å². The van der Waals surface area contributed by atoms with Gasteiger partial charge in [0.1, 0.15) is 0 Å². The van der Waals surface area contributed by atoms with Crippen LogP contribution in [0.4, 0.5) is 0 Å². The molecular weight excluding hydrogens is 270 g/mol. The van der Waals surface area contributed by atoms with Crippen molar-refractivity contribution in [3.63, 3.8) is 0 Å². The molecule has 0 spiro atoms. The monoisotopic (exact) mass is 283 g/mol. The zero-order valence-corrected chi connectivity index (χ0v) is 11.6. The third-order valence-corrected chi connectivity index (χ3v) is 3.27. The Morgan fingerprint density at radius 1 is 1.43 bits per heavy atom. The first-order valence-electron chi connectivity index (χ1n) is 6.41. The lowest BCUT2D eigenvalue weighted by atomic mass is 9.89. The van der Waals surface area contributed by atoms with Crippen LogP contribution < -0.4 is 5.32 Å². The van der Waals surface area contributed by atoms with Crippen LogP contribution in [0.2, 0.25) is 0 Å². The number of allylic oxidation sites excluding steroid dienone is 3. The molecule has 21 heavy (non-hydrogen) atoms. The van der Waals surface area contributed by atoms with E-state index in [1.165, 1.54) is 10.9 Å². The number of aromatic nitrogens is 3. The highest BCUT2D eigenvalue weighted by Crippen LogP contribution is 2.26. The number of hydrogen-bond donors (Lipinski definition) is 1. The van der Waals surface area contributed by atoms with E-state index in [2.05, 4.69) is 20.6 Å². The van der Waals surface area contributed by atoms with Crippen LogP contribution in [0.1, 0.15) is 17.4 Å². The van der Waals surface area contributed by atoms with Crippen LogP contribution in [0, 0.1) is 5.92 Å². The van der Waals surface area contributed by atoms with Crippen LogP contribution >= 0.6 is 0 Å². The van der Waals surface area contributed by atoms with Crippen LogP contribution in [0.5, 0.6) is 0 Å². The molecule has 0 aromatic carbocycles. The summed E-state index contributed by atoms with van der Waals surface area (Å²) >= 11 is 0. The smallest absolute Gasteiger partial charge is 0.299 e. The third kappa shape index (κ3) is 2.58. The summed E-state index contributed by atoms with van der Waals surface area (Å²) in [7, 11) is 1.68. The minimum Gasteiger partial charge on any atom is -0.325 e. The molecule has 2 heterocycles. The van der Waals surface area contributed by atoms with Gasteiger partial charge >= 0.3 is 0 Å². The van der Waals surface area contributed by atoms with Crippen LogP contribution in [-0.4, -0.2) is 32.5 Å². The van der Waals surface area contributed by atoms with Gasteiger partial charge in [0.05, 0.1) is 11.9 Å². The molecule has 1 aliphatic heterocycles. The van der Waals surface area contributed by atoms with Gasteiger partial charge < -0.3 is 5.32 Å². The number of amides is 2. The van der Waals surface area contributed by atoms with Gasteiger partial charge in [0.2, 0.25) is 5.91 Å². The second-order valence-electron chi connectivity index (χ2n) is 4.93. The number of carbonyl (C=O) groups is 2. The Balaban J connectivity index is 1.87. The van der Waals surface area contributed by atoms with E-state index in [-0.39, 0.29) is 17.5 Å². The van der Waals surface area contributed by atoms with Crippen molar-refractivity contribution in [3.05, 3.63) is 47.5 Å². The minimum atomic E-state index is -0.465. The second-order valence-corrected chi connectivity index (χ2v) is 4.93. The summed E-state index contributed by atoms with van der Waals surface area (Å²) in [6.07, 6.45) is 8.44. The van der Waals surface area contributed by atoms with Crippen LogP contribution in [0.25, 0.3) is 0 Å². The molecule has 1 unspecified atom stereocenters. The quantitative estimate of drug-likeness (QED) is 0.814. The predicted octanol–water partition coefficient (Wildman–Crippen LogP) is 0.542. The van der Waals surface area contributed by atoms with E-state index in [4.69, 9.17) is 0 Å². The molecule has 106 valence electrons. The van der Waals surface area contributed by atoms with Crippen molar-refractivity contribution in [1.29, 1.82) is 0 Å². The lowest BCUT2D eigenvalue weighted by Gasteiger charge is -2.25. The number of nitrogens with zero attached hydrogens (tertiary/aromatic N) is 4. The molecule has 0 bridgehead atoms. The van der Waals surface area contributed by atoms with Crippen molar-refractivity contribution < 1.29 is 9.59 Å². The summed E-state index contributed by atoms with van der Waals surface area (Å²) in [5.74, 6) is -0.592. The van der Waals surface area contributed by atoms with Crippen molar-refractivity contribution in [2.24, 2.45) is 18.0 Å². The number of rotatable bonds is 1. The highest BCUT2D eigenvalue weighted by Gasteiger charge is 2.24. The van der Waals surface area contributed by atoms with Crippen molar-refractivity contribution in [2.75, 3.05) is 0 Å². The molecule has 1 atom stereocenters. The van der Waals surface area contributed by atoms with Gasteiger partial charge in [0.15, 0.2) is 5.69 Å². The predicted molar refractivity (Wildman–Crippen MR) is 75.4 cm³/mol. The molecule has 2 amide bonds. The maximum atomic E-state index is 11.9.